The topological polar surface area (TPSA) is 139 Å². The highest BCUT2D eigenvalue weighted by Gasteiger charge is 2.72. The van der Waals surface area contributed by atoms with Gasteiger partial charge in [-0.3, -0.25) is 9.59 Å². The van der Waals surface area contributed by atoms with Crippen LogP contribution < -0.4 is 5.43 Å². The fraction of sp³-hybridized carbons (Fsp3) is 0.800. The Morgan fingerprint density at radius 2 is 1.78 bits per heavy atom. The molecule has 3 amide bonds. The van der Waals surface area contributed by atoms with Crippen LogP contribution in [-0.4, -0.2) is 72.7 Å². The number of hydrogen-bond acceptors (Lipinski definition) is 8. The van der Waals surface area contributed by atoms with Gasteiger partial charge in [0.25, 0.3) is 5.91 Å². The summed E-state index contributed by atoms with van der Waals surface area (Å²) >= 11 is 0. The van der Waals surface area contributed by atoms with Gasteiger partial charge in [-0.1, -0.05) is 13.8 Å². The highest BCUT2D eigenvalue weighted by Crippen LogP contribution is 2.70. The number of hydrazine groups is 1. The zero-order valence-corrected chi connectivity index (χ0v) is 19.9. The van der Waals surface area contributed by atoms with E-state index in [0.717, 1.165) is 17.6 Å². The monoisotopic (exact) mass is 473 g/mol. The van der Waals surface area contributed by atoms with Crippen molar-refractivity contribution in [2.45, 2.75) is 66.0 Å². The average molecular weight is 474 g/mol. The summed E-state index contributed by atoms with van der Waals surface area (Å²) in [6, 6.07) is -2.51. The van der Waals surface area contributed by atoms with Gasteiger partial charge >= 0.3 is 12.2 Å². The number of hydrogen-bond donors (Lipinski definition) is 1. The first-order valence-electron chi connectivity index (χ1n) is 10.8. The van der Waals surface area contributed by atoms with Gasteiger partial charge in [0.2, 0.25) is 10.0 Å². The molecular weight excluding hydrogens is 442 g/mol. The molecule has 2 saturated carbocycles. The Morgan fingerprint density at radius 1 is 1.16 bits per heavy atom. The van der Waals surface area contributed by atoms with Crippen molar-refractivity contribution in [3.8, 4) is 0 Å². The quantitative estimate of drug-likeness (QED) is 0.467. The molecule has 1 spiro atoms. The number of ether oxygens (including phenoxy) is 2. The number of rotatable bonds is 5. The zero-order valence-electron chi connectivity index (χ0n) is 19.0. The maximum absolute atomic E-state index is 13.6. The normalized spacial score (nSPS) is 29.7. The molecule has 32 heavy (non-hydrogen) atoms. The Kier molecular flexibility index (Phi) is 6.22. The molecule has 4 atom stereocenters. The number of ketones is 1. The number of fused-ring (bicyclic) bond motifs is 1. The maximum Gasteiger partial charge on any atom is 0.429 e. The first-order valence-corrected chi connectivity index (χ1v) is 12.4. The lowest BCUT2D eigenvalue weighted by Gasteiger charge is -2.38. The van der Waals surface area contributed by atoms with Gasteiger partial charge in [0.1, 0.15) is 0 Å². The van der Waals surface area contributed by atoms with Crippen molar-refractivity contribution in [1.29, 1.82) is 0 Å². The van der Waals surface area contributed by atoms with E-state index in [9.17, 15) is 27.6 Å². The molecule has 3 rings (SSSR count). The van der Waals surface area contributed by atoms with Crippen LogP contribution in [0.5, 0.6) is 0 Å². The molecule has 1 aliphatic heterocycles. The van der Waals surface area contributed by atoms with E-state index in [1.807, 2.05) is 13.8 Å². The van der Waals surface area contributed by atoms with Gasteiger partial charge in [-0.15, -0.1) is 0 Å². The molecule has 12 heteroatoms. The van der Waals surface area contributed by atoms with Gasteiger partial charge in [0.05, 0.1) is 25.0 Å². The molecule has 0 aromatic rings. The summed E-state index contributed by atoms with van der Waals surface area (Å²) in [7, 11) is -4.04. The predicted molar refractivity (Wildman–Crippen MR) is 111 cm³/mol. The molecule has 2 aliphatic carbocycles. The largest absolute Gasteiger partial charge is 0.449 e. The molecule has 180 valence electrons. The van der Waals surface area contributed by atoms with Crippen molar-refractivity contribution >= 4 is 33.9 Å². The van der Waals surface area contributed by atoms with Crippen LogP contribution in [0.2, 0.25) is 0 Å². The number of nitrogens with zero attached hydrogens (tertiary/aromatic N) is 2. The van der Waals surface area contributed by atoms with E-state index in [2.05, 4.69) is 5.43 Å². The maximum atomic E-state index is 13.6. The summed E-state index contributed by atoms with van der Waals surface area (Å²) < 4.78 is 36.8. The van der Waals surface area contributed by atoms with E-state index in [1.54, 1.807) is 0 Å². The van der Waals surface area contributed by atoms with Crippen molar-refractivity contribution in [1.82, 2.24) is 14.7 Å². The fourth-order valence-electron chi connectivity index (χ4n) is 5.84. The molecule has 2 bridgehead atoms. The van der Waals surface area contributed by atoms with Gasteiger partial charge in [-0.2, -0.15) is 5.01 Å². The summed E-state index contributed by atoms with van der Waals surface area (Å²) in [4.78, 5) is 50.7. The third kappa shape index (κ3) is 3.52. The van der Waals surface area contributed by atoms with Gasteiger partial charge in [0.15, 0.2) is 11.8 Å². The lowest BCUT2D eigenvalue weighted by molar-refractivity contribution is -0.141. The van der Waals surface area contributed by atoms with Crippen LogP contribution in [0.1, 0.15) is 53.9 Å². The number of carbonyl (C=O) groups is 4. The Bertz CT molecular complexity index is 933. The van der Waals surface area contributed by atoms with E-state index in [-0.39, 0.29) is 30.3 Å². The summed E-state index contributed by atoms with van der Waals surface area (Å²) in [6.07, 6.45) is -0.189. The Hall–Kier alpha value is -2.37. The predicted octanol–water partition coefficient (Wildman–Crippen LogP) is 1.43. The van der Waals surface area contributed by atoms with Crippen molar-refractivity contribution in [3.63, 3.8) is 0 Å². The summed E-state index contributed by atoms with van der Waals surface area (Å²) in [5, 5.41) is 0.422. The van der Waals surface area contributed by atoms with Crippen LogP contribution in [0.4, 0.5) is 9.59 Å². The van der Waals surface area contributed by atoms with E-state index >= 15 is 0 Å². The summed E-state index contributed by atoms with van der Waals surface area (Å²) in [5.41, 5.74) is 1.18. The number of Topliss-reactive ketones (excluding diaryl/α,β-unsaturated/α-hetero) is 1. The number of amides is 3. The number of sulfonamides is 1. The molecule has 11 nitrogen and oxygen atoms in total. The third-order valence-corrected chi connectivity index (χ3v) is 9.37. The average Bonchev–Trinajstić information content (AvgIpc) is 3.15. The Balaban J connectivity index is 2.00. The minimum Gasteiger partial charge on any atom is -0.449 e. The third-order valence-electron chi connectivity index (χ3n) is 7.46. The Morgan fingerprint density at radius 3 is 2.31 bits per heavy atom. The number of carbonyl (C=O) groups excluding carboxylic acids is 4. The van der Waals surface area contributed by atoms with Crippen molar-refractivity contribution in [2.24, 2.45) is 16.7 Å². The minimum absolute atomic E-state index is 0.0250. The second-order valence-corrected chi connectivity index (χ2v) is 11.0. The van der Waals surface area contributed by atoms with Crippen LogP contribution in [0.3, 0.4) is 0 Å². The lowest BCUT2D eigenvalue weighted by Crippen LogP contribution is -2.62. The van der Waals surface area contributed by atoms with Gasteiger partial charge in [-0.05, 0) is 51.4 Å². The highest BCUT2D eigenvalue weighted by atomic mass is 32.2. The molecule has 3 fully saturated rings. The van der Waals surface area contributed by atoms with Crippen molar-refractivity contribution < 1.29 is 37.1 Å². The summed E-state index contributed by atoms with van der Waals surface area (Å²) in [5.74, 6) is -1.83. The van der Waals surface area contributed by atoms with E-state index in [0.29, 0.717) is 17.9 Å². The smallest absolute Gasteiger partial charge is 0.429 e. The molecule has 3 aliphatic rings. The molecular formula is C20H31N3O8S. The first kappa shape index (κ1) is 24.3. The molecule has 1 heterocycles. The summed E-state index contributed by atoms with van der Waals surface area (Å²) in [6.45, 7) is 8.04. The molecule has 2 unspecified atom stereocenters. The number of nitrogens with one attached hydrogen (secondary N) is 1. The van der Waals surface area contributed by atoms with Gasteiger partial charge in [0, 0.05) is 5.41 Å². The first-order chi connectivity index (χ1) is 14.8. The van der Waals surface area contributed by atoms with Gasteiger partial charge < -0.3 is 9.47 Å². The second-order valence-electron chi connectivity index (χ2n) is 9.17. The highest BCUT2D eigenvalue weighted by molar-refractivity contribution is 7.90. The standard InChI is InChI=1S/C20H31N3O8S/c1-6-30-17(26)21-22(18(27)31-7-2)15(12(3)24)16(25)23-14-10-13-8-9-20(14,19(13,4)5)11-32(23,28)29/h13-15H,6-11H2,1-5H3,(H,21,26)/t13?,14-,15-,20?/m1/s1. The van der Waals surface area contributed by atoms with Crippen LogP contribution in [0.25, 0.3) is 0 Å². The molecule has 0 aromatic heterocycles. The van der Waals surface area contributed by atoms with Crippen LogP contribution >= 0.6 is 0 Å². The molecule has 0 aromatic carbocycles. The van der Waals surface area contributed by atoms with Crippen LogP contribution in [-0.2, 0) is 29.1 Å². The van der Waals surface area contributed by atoms with E-state index in [4.69, 9.17) is 9.47 Å². The van der Waals surface area contributed by atoms with Crippen LogP contribution in [0, 0.1) is 16.7 Å². The van der Waals surface area contributed by atoms with Gasteiger partial charge in [-0.25, -0.2) is 27.7 Å². The molecule has 0 radical (unpaired) electrons. The van der Waals surface area contributed by atoms with E-state index < -0.39 is 51.4 Å². The lowest BCUT2D eigenvalue weighted by atomic mass is 9.69. The Labute approximate surface area is 187 Å². The second kappa shape index (κ2) is 8.20. The minimum atomic E-state index is -4.04. The molecule has 1 N–H and O–H groups in total. The van der Waals surface area contributed by atoms with E-state index in [1.165, 1.54) is 13.8 Å². The molecule has 1 saturated heterocycles. The zero-order chi connectivity index (χ0) is 24.1. The van der Waals surface area contributed by atoms with Crippen molar-refractivity contribution in [2.75, 3.05) is 19.0 Å². The SMILES string of the molecule is CCOC(=O)NN(C(=O)OCC)[C@H](C(C)=O)C(=O)N1[C@@H]2CC3CCC2(CS1(=O)=O)C3(C)C. The fourth-order valence-corrected chi connectivity index (χ4v) is 8.38. The van der Waals surface area contributed by atoms with Crippen molar-refractivity contribution in [3.05, 3.63) is 0 Å². The van der Waals surface area contributed by atoms with Crippen LogP contribution in [0.15, 0.2) is 0 Å².